The molecule has 12 heteroatoms. The molecule has 1 fully saturated rings. The molecule has 2 aromatic rings. The highest BCUT2D eigenvalue weighted by Gasteiger charge is 2.28. The number of benzene rings is 1. The van der Waals surface area contributed by atoms with Gasteiger partial charge in [0.2, 0.25) is 5.88 Å². The topological polar surface area (TPSA) is 100 Å². The van der Waals surface area contributed by atoms with E-state index in [1.54, 1.807) is 4.90 Å². The van der Waals surface area contributed by atoms with E-state index < -0.39 is 27.5 Å². The van der Waals surface area contributed by atoms with Gasteiger partial charge in [0.05, 0.1) is 5.02 Å². The highest BCUT2D eigenvalue weighted by atomic mass is 35.5. The van der Waals surface area contributed by atoms with Crippen LogP contribution in [0, 0.1) is 11.6 Å². The van der Waals surface area contributed by atoms with E-state index in [0.29, 0.717) is 31.7 Å². The summed E-state index contributed by atoms with van der Waals surface area (Å²) in [7, 11) is -4.35. The first-order chi connectivity index (χ1) is 15.0. The van der Waals surface area contributed by atoms with Crippen LogP contribution in [0.5, 0.6) is 5.88 Å². The predicted octanol–water partition coefficient (Wildman–Crippen LogP) is 2.51. The molecule has 0 unspecified atom stereocenters. The molecule has 3 rings (SSSR count). The molecule has 1 atom stereocenters. The Labute approximate surface area is 189 Å². The minimum Gasteiger partial charge on any atom is -0.467 e. The molecule has 174 valence electrons. The lowest BCUT2D eigenvalue weighted by Crippen LogP contribution is -2.54. The Morgan fingerprint density at radius 3 is 2.69 bits per heavy atom. The first kappa shape index (κ1) is 24.3. The van der Waals surface area contributed by atoms with E-state index in [1.165, 1.54) is 18.3 Å². The van der Waals surface area contributed by atoms with Crippen LogP contribution in [0.25, 0.3) is 0 Å². The zero-order valence-corrected chi connectivity index (χ0v) is 18.7. The SMILES string of the molecule is C[C@@H]1CN(Cc2ccc(F)c(F)c2)CCN1C(=O)COc1ncc(Cl)cc1CS(=O)(=O)O. The number of pyridine rings is 1. The number of carbonyl (C=O) groups excluding carboxylic acids is 1. The van der Waals surface area contributed by atoms with E-state index in [-0.39, 0.29) is 35.0 Å². The van der Waals surface area contributed by atoms with Gasteiger partial charge < -0.3 is 9.64 Å². The van der Waals surface area contributed by atoms with Gasteiger partial charge in [-0.15, -0.1) is 0 Å². The van der Waals surface area contributed by atoms with Crippen molar-refractivity contribution in [2.24, 2.45) is 0 Å². The van der Waals surface area contributed by atoms with Crippen LogP contribution in [0.2, 0.25) is 5.02 Å². The summed E-state index contributed by atoms with van der Waals surface area (Å²) in [6, 6.07) is 4.90. The molecule has 0 bridgehead atoms. The molecule has 1 aromatic carbocycles. The molecule has 8 nitrogen and oxygen atoms in total. The van der Waals surface area contributed by atoms with E-state index in [2.05, 4.69) is 4.98 Å². The van der Waals surface area contributed by atoms with Crippen molar-refractivity contribution in [3.8, 4) is 5.88 Å². The lowest BCUT2D eigenvalue weighted by atomic mass is 10.1. The van der Waals surface area contributed by atoms with Gasteiger partial charge in [-0.1, -0.05) is 17.7 Å². The molecule has 1 saturated heterocycles. The molecule has 1 amide bonds. The van der Waals surface area contributed by atoms with Crippen molar-refractivity contribution in [1.82, 2.24) is 14.8 Å². The quantitative estimate of drug-likeness (QED) is 0.596. The summed E-state index contributed by atoms with van der Waals surface area (Å²) in [6.07, 6.45) is 1.24. The van der Waals surface area contributed by atoms with Gasteiger partial charge >= 0.3 is 0 Å². The van der Waals surface area contributed by atoms with Crippen molar-refractivity contribution < 1.29 is 31.3 Å². The normalized spacial score (nSPS) is 17.4. The molecule has 1 aliphatic rings. The highest BCUT2D eigenvalue weighted by molar-refractivity contribution is 7.85. The Hall–Kier alpha value is -2.34. The van der Waals surface area contributed by atoms with Crippen molar-refractivity contribution in [2.75, 3.05) is 26.2 Å². The third-order valence-electron chi connectivity index (χ3n) is 4.98. The molecule has 1 aliphatic heterocycles. The van der Waals surface area contributed by atoms with Crippen LogP contribution in [-0.4, -0.2) is 65.9 Å². The largest absolute Gasteiger partial charge is 0.467 e. The van der Waals surface area contributed by atoms with Gasteiger partial charge in [0, 0.05) is 44.0 Å². The number of halogens is 3. The Balaban J connectivity index is 1.57. The molecule has 0 saturated carbocycles. The fraction of sp³-hybridized carbons (Fsp3) is 0.400. The van der Waals surface area contributed by atoms with E-state index in [9.17, 15) is 22.0 Å². The molecule has 32 heavy (non-hydrogen) atoms. The monoisotopic (exact) mass is 489 g/mol. The Morgan fingerprint density at radius 2 is 2.03 bits per heavy atom. The van der Waals surface area contributed by atoms with E-state index in [0.717, 1.165) is 12.1 Å². The predicted molar refractivity (Wildman–Crippen MR) is 113 cm³/mol. The van der Waals surface area contributed by atoms with E-state index in [4.69, 9.17) is 20.9 Å². The lowest BCUT2D eigenvalue weighted by molar-refractivity contribution is -0.138. The summed E-state index contributed by atoms with van der Waals surface area (Å²) >= 11 is 5.82. The number of rotatable bonds is 7. The number of amides is 1. The maximum Gasteiger partial charge on any atom is 0.269 e. The van der Waals surface area contributed by atoms with Gasteiger partial charge in [-0.2, -0.15) is 8.42 Å². The molecule has 0 radical (unpaired) electrons. The number of piperazine rings is 1. The molecular weight excluding hydrogens is 468 g/mol. The summed E-state index contributed by atoms with van der Waals surface area (Å²) in [6.45, 7) is 3.37. The van der Waals surface area contributed by atoms with Crippen LogP contribution < -0.4 is 4.74 Å². The van der Waals surface area contributed by atoms with Crippen molar-refractivity contribution in [3.05, 3.63) is 58.2 Å². The smallest absolute Gasteiger partial charge is 0.269 e. The first-order valence-electron chi connectivity index (χ1n) is 9.70. The van der Waals surface area contributed by atoms with Gasteiger partial charge in [-0.25, -0.2) is 13.8 Å². The van der Waals surface area contributed by atoms with Crippen molar-refractivity contribution in [3.63, 3.8) is 0 Å². The number of hydrogen-bond acceptors (Lipinski definition) is 6. The van der Waals surface area contributed by atoms with Crippen molar-refractivity contribution in [1.29, 1.82) is 0 Å². The van der Waals surface area contributed by atoms with Gasteiger partial charge in [0.1, 0.15) is 5.75 Å². The highest BCUT2D eigenvalue weighted by Crippen LogP contribution is 2.22. The van der Waals surface area contributed by atoms with Crippen LogP contribution in [-0.2, 0) is 27.2 Å². The zero-order valence-electron chi connectivity index (χ0n) is 17.2. The van der Waals surface area contributed by atoms with Crippen LogP contribution in [0.3, 0.4) is 0 Å². The molecule has 1 N–H and O–H groups in total. The summed E-state index contributed by atoms with van der Waals surface area (Å²) in [4.78, 5) is 20.2. The third-order valence-corrected chi connectivity index (χ3v) is 5.87. The second kappa shape index (κ2) is 10.1. The average molecular weight is 490 g/mol. The van der Waals surface area contributed by atoms with Gasteiger partial charge in [-0.05, 0) is 30.7 Å². The van der Waals surface area contributed by atoms with Crippen molar-refractivity contribution >= 4 is 27.6 Å². The zero-order chi connectivity index (χ0) is 23.5. The van der Waals surface area contributed by atoms with E-state index in [1.807, 2.05) is 11.8 Å². The second-order valence-corrected chi connectivity index (χ2v) is 9.44. The van der Waals surface area contributed by atoms with Gasteiger partial charge in [-0.3, -0.25) is 14.2 Å². The van der Waals surface area contributed by atoms with Gasteiger partial charge in [0.25, 0.3) is 16.0 Å². The number of nitrogens with zero attached hydrogens (tertiary/aromatic N) is 3. The van der Waals surface area contributed by atoms with Crippen LogP contribution in [0.1, 0.15) is 18.1 Å². The maximum absolute atomic E-state index is 13.4. The lowest BCUT2D eigenvalue weighted by Gasteiger charge is -2.39. The molecule has 2 heterocycles. The molecular formula is C20H22ClF2N3O5S. The average Bonchev–Trinajstić information content (AvgIpc) is 2.69. The summed E-state index contributed by atoms with van der Waals surface area (Å²) in [5.74, 6) is -2.97. The molecule has 1 aromatic heterocycles. The first-order valence-corrected chi connectivity index (χ1v) is 11.7. The maximum atomic E-state index is 13.4. The number of aromatic nitrogens is 1. The fourth-order valence-corrected chi connectivity index (χ4v) is 4.34. The minimum absolute atomic E-state index is 0.0391. The van der Waals surface area contributed by atoms with Crippen LogP contribution in [0.4, 0.5) is 8.78 Å². The third kappa shape index (κ3) is 6.58. The van der Waals surface area contributed by atoms with E-state index >= 15 is 0 Å². The van der Waals surface area contributed by atoms with Crippen molar-refractivity contribution in [2.45, 2.75) is 25.3 Å². The number of hydrogen-bond donors (Lipinski definition) is 1. The van der Waals surface area contributed by atoms with Gasteiger partial charge in [0.15, 0.2) is 18.2 Å². The summed E-state index contributed by atoms with van der Waals surface area (Å²) in [5.41, 5.74) is 0.677. The van der Waals surface area contributed by atoms with Crippen LogP contribution >= 0.6 is 11.6 Å². The Kier molecular flexibility index (Phi) is 7.65. The second-order valence-electron chi connectivity index (χ2n) is 7.55. The summed E-state index contributed by atoms with van der Waals surface area (Å²) < 4.78 is 63.4. The molecule has 0 aliphatic carbocycles. The molecule has 0 spiro atoms. The number of carbonyl (C=O) groups is 1. The minimum atomic E-state index is -4.35. The Morgan fingerprint density at radius 1 is 1.28 bits per heavy atom. The summed E-state index contributed by atoms with van der Waals surface area (Å²) in [5, 5.41) is 0.160. The Bertz CT molecular complexity index is 1100. The fourth-order valence-electron chi connectivity index (χ4n) is 3.55. The standard InChI is InChI=1S/C20H22ClF2N3O5S/c1-13-9-25(10-14-2-3-17(22)18(23)6-14)4-5-26(13)19(27)11-31-20-15(12-32(28,29)30)7-16(21)8-24-20/h2-3,6-8,13H,4-5,9-12H2,1H3,(H,28,29,30)/t13-/m1/s1. The number of ether oxygens (including phenoxy) is 1. The van der Waals surface area contributed by atoms with Crippen LogP contribution in [0.15, 0.2) is 30.5 Å².